The maximum Gasteiger partial charge on any atom is 0.344 e. The number of hydrogen-bond donors (Lipinski definition) is 1. The number of aryl methyl sites for hydroxylation is 1. The third kappa shape index (κ3) is 1.81. The minimum absolute atomic E-state index is 0.0606. The van der Waals surface area contributed by atoms with E-state index in [1.54, 1.807) is 6.92 Å². The number of nitrogens with zero attached hydrogens (tertiary/aromatic N) is 1. The Balaban J connectivity index is 3.60. The molecule has 0 spiro atoms. The van der Waals surface area contributed by atoms with Crippen LogP contribution in [0, 0.1) is 24.0 Å². The number of esters is 1. The lowest BCUT2D eigenvalue weighted by Gasteiger charge is -2.08. The summed E-state index contributed by atoms with van der Waals surface area (Å²) >= 11 is 0. The Morgan fingerprint density at radius 1 is 1.50 bits per heavy atom. The van der Waals surface area contributed by atoms with E-state index in [1.807, 2.05) is 0 Å². The van der Waals surface area contributed by atoms with Gasteiger partial charge in [-0.25, -0.2) is 4.79 Å². The Hall–Kier alpha value is -2.11. The van der Waals surface area contributed by atoms with Gasteiger partial charge < -0.3 is 9.84 Å². The number of hydrogen-bond acceptors (Lipinski definition) is 5. The highest BCUT2D eigenvalue weighted by atomic mass is 16.6. The number of phenolic OH excluding ortho intramolecular Hbond substituents is 1. The smallest absolute Gasteiger partial charge is 0.344 e. The first-order valence-corrected chi connectivity index (χ1v) is 4.46. The van der Waals surface area contributed by atoms with Crippen LogP contribution in [0.1, 0.15) is 21.5 Å². The number of methoxy groups -OCH3 is 1. The Bertz CT molecular complexity index is 467. The zero-order valence-corrected chi connectivity index (χ0v) is 9.10. The molecule has 6 nitrogen and oxygen atoms in total. The van der Waals surface area contributed by atoms with Crippen LogP contribution in [0.15, 0.2) is 6.07 Å². The Kier molecular flexibility index (Phi) is 3.12. The van der Waals surface area contributed by atoms with Crippen molar-refractivity contribution in [2.75, 3.05) is 7.11 Å². The fourth-order valence-corrected chi connectivity index (χ4v) is 1.46. The van der Waals surface area contributed by atoms with E-state index in [0.29, 0.717) is 5.56 Å². The highest BCUT2D eigenvalue weighted by Gasteiger charge is 2.26. The van der Waals surface area contributed by atoms with Gasteiger partial charge in [0.15, 0.2) is 0 Å². The Morgan fingerprint density at radius 3 is 2.50 bits per heavy atom. The van der Waals surface area contributed by atoms with Crippen molar-refractivity contribution in [3.05, 3.63) is 32.9 Å². The van der Waals surface area contributed by atoms with E-state index < -0.39 is 16.6 Å². The van der Waals surface area contributed by atoms with Gasteiger partial charge in [-0.2, -0.15) is 0 Å². The first kappa shape index (κ1) is 12.0. The second-order valence-corrected chi connectivity index (χ2v) is 3.31. The lowest BCUT2D eigenvalue weighted by Crippen LogP contribution is -2.08. The lowest BCUT2D eigenvalue weighted by atomic mass is 10.0. The molecule has 0 bridgehead atoms. The molecule has 1 N–H and O–H groups in total. The van der Waals surface area contributed by atoms with Gasteiger partial charge >= 0.3 is 5.97 Å². The second-order valence-electron chi connectivity index (χ2n) is 3.31. The van der Waals surface area contributed by atoms with Crippen molar-refractivity contribution >= 4 is 11.7 Å². The molecule has 1 aromatic rings. The summed E-state index contributed by atoms with van der Waals surface area (Å²) in [7, 11) is 1.14. The molecule has 0 fully saturated rings. The largest absolute Gasteiger partial charge is 0.507 e. The minimum atomic E-state index is -0.794. The SMILES string of the molecule is COC(=O)c1cc(C)c(O)c(C)c1[N+](=O)[O-]. The topological polar surface area (TPSA) is 89.7 Å². The van der Waals surface area contributed by atoms with Gasteiger partial charge in [-0.3, -0.25) is 10.1 Å². The first-order chi connectivity index (χ1) is 7.40. The summed E-state index contributed by atoms with van der Waals surface area (Å²) < 4.78 is 4.45. The Labute approximate surface area is 91.6 Å². The van der Waals surface area contributed by atoms with Gasteiger partial charge in [-0.15, -0.1) is 0 Å². The summed E-state index contributed by atoms with van der Waals surface area (Å²) in [6.07, 6.45) is 0. The molecule has 0 unspecified atom stereocenters. The van der Waals surface area contributed by atoms with E-state index in [-0.39, 0.29) is 16.9 Å². The number of nitro groups is 1. The summed E-state index contributed by atoms with van der Waals surface area (Å²) in [6, 6.07) is 1.24. The number of nitro benzene ring substituents is 1. The summed E-state index contributed by atoms with van der Waals surface area (Å²) in [6.45, 7) is 2.94. The van der Waals surface area contributed by atoms with Gasteiger partial charge in [0, 0.05) is 0 Å². The molecule has 16 heavy (non-hydrogen) atoms. The van der Waals surface area contributed by atoms with Crippen LogP contribution in [0.5, 0.6) is 5.75 Å². The first-order valence-electron chi connectivity index (χ1n) is 4.46. The summed E-state index contributed by atoms with van der Waals surface area (Å²) in [5.74, 6) is -0.975. The average molecular weight is 225 g/mol. The van der Waals surface area contributed by atoms with Crippen molar-refractivity contribution in [1.82, 2.24) is 0 Å². The van der Waals surface area contributed by atoms with Crippen LogP contribution in [-0.4, -0.2) is 23.1 Å². The zero-order chi connectivity index (χ0) is 12.5. The van der Waals surface area contributed by atoms with E-state index >= 15 is 0 Å². The summed E-state index contributed by atoms with van der Waals surface area (Å²) in [5, 5.41) is 20.4. The van der Waals surface area contributed by atoms with Crippen LogP contribution < -0.4 is 0 Å². The molecule has 0 aliphatic carbocycles. The highest BCUT2D eigenvalue weighted by Crippen LogP contribution is 2.33. The quantitative estimate of drug-likeness (QED) is 0.470. The fourth-order valence-electron chi connectivity index (χ4n) is 1.46. The molecule has 0 atom stereocenters. The summed E-state index contributed by atoms with van der Waals surface area (Å²) in [5.41, 5.74) is -0.121. The second kappa shape index (κ2) is 4.18. The maximum absolute atomic E-state index is 11.3. The van der Waals surface area contributed by atoms with Gasteiger partial charge in [0.1, 0.15) is 11.3 Å². The van der Waals surface area contributed by atoms with Crippen LogP contribution in [-0.2, 0) is 4.74 Å². The molecule has 6 heteroatoms. The van der Waals surface area contributed by atoms with Crippen LogP contribution in [0.25, 0.3) is 0 Å². The molecule has 0 aliphatic heterocycles. The minimum Gasteiger partial charge on any atom is -0.507 e. The van der Waals surface area contributed by atoms with Gasteiger partial charge in [0.2, 0.25) is 0 Å². The highest BCUT2D eigenvalue weighted by molar-refractivity contribution is 5.95. The third-order valence-electron chi connectivity index (χ3n) is 2.29. The molecule has 0 radical (unpaired) electrons. The zero-order valence-electron chi connectivity index (χ0n) is 9.10. The standard InChI is InChI=1S/C10H11NO5/c1-5-4-7(10(13)16-3)8(11(14)15)6(2)9(5)12/h4,12H,1-3H3. The number of phenols is 1. The number of aromatic hydroxyl groups is 1. The average Bonchev–Trinajstić information content (AvgIpc) is 2.23. The van der Waals surface area contributed by atoms with Crippen molar-refractivity contribution in [2.45, 2.75) is 13.8 Å². The van der Waals surface area contributed by atoms with Crippen LogP contribution in [0.2, 0.25) is 0 Å². The number of rotatable bonds is 2. The maximum atomic E-state index is 11.3. The fraction of sp³-hybridized carbons (Fsp3) is 0.300. The molecule has 0 saturated carbocycles. The van der Waals surface area contributed by atoms with Crippen molar-refractivity contribution in [3.8, 4) is 5.75 Å². The Morgan fingerprint density at radius 2 is 2.06 bits per heavy atom. The van der Waals surface area contributed by atoms with Gasteiger partial charge in [-0.1, -0.05) is 0 Å². The molecular formula is C10H11NO5. The van der Waals surface area contributed by atoms with E-state index in [4.69, 9.17) is 0 Å². The number of ether oxygens (including phenoxy) is 1. The number of carbonyl (C=O) groups is 1. The monoisotopic (exact) mass is 225 g/mol. The predicted molar refractivity (Wildman–Crippen MR) is 55.6 cm³/mol. The normalized spacial score (nSPS) is 9.94. The van der Waals surface area contributed by atoms with Crippen LogP contribution in [0.3, 0.4) is 0 Å². The molecule has 86 valence electrons. The number of benzene rings is 1. The van der Waals surface area contributed by atoms with Crippen molar-refractivity contribution < 1.29 is 19.6 Å². The van der Waals surface area contributed by atoms with E-state index in [2.05, 4.69) is 4.74 Å². The van der Waals surface area contributed by atoms with Crippen molar-refractivity contribution in [1.29, 1.82) is 0 Å². The molecule has 0 aromatic heterocycles. The van der Waals surface area contributed by atoms with Gasteiger partial charge in [0.05, 0.1) is 17.6 Å². The lowest BCUT2D eigenvalue weighted by molar-refractivity contribution is -0.385. The van der Waals surface area contributed by atoms with Crippen molar-refractivity contribution in [2.24, 2.45) is 0 Å². The summed E-state index contributed by atoms with van der Waals surface area (Å²) in [4.78, 5) is 21.5. The molecule has 0 aliphatic rings. The van der Waals surface area contributed by atoms with Crippen LogP contribution in [0.4, 0.5) is 5.69 Å². The molecule has 0 heterocycles. The molecule has 0 saturated heterocycles. The predicted octanol–water partition coefficient (Wildman–Crippen LogP) is 1.70. The third-order valence-corrected chi connectivity index (χ3v) is 2.29. The van der Waals surface area contributed by atoms with E-state index in [9.17, 15) is 20.0 Å². The van der Waals surface area contributed by atoms with Crippen molar-refractivity contribution in [3.63, 3.8) is 0 Å². The molecule has 1 aromatic carbocycles. The molecule has 0 amide bonds. The van der Waals surface area contributed by atoms with E-state index in [1.165, 1.54) is 13.0 Å². The van der Waals surface area contributed by atoms with Gasteiger partial charge in [-0.05, 0) is 25.5 Å². The molecule has 1 rings (SSSR count). The molecular weight excluding hydrogens is 214 g/mol. The van der Waals surface area contributed by atoms with Crippen LogP contribution >= 0.6 is 0 Å². The van der Waals surface area contributed by atoms with E-state index in [0.717, 1.165) is 7.11 Å². The van der Waals surface area contributed by atoms with Gasteiger partial charge in [0.25, 0.3) is 5.69 Å². The number of carbonyl (C=O) groups excluding carboxylic acids is 1.